The van der Waals surface area contributed by atoms with E-state index in [1.807, 2.05) is 6.92 Å². The standard InChI is InChI=1S/C18H24BrFN4O/c1-3-5-15(23-8-6-21-7-9-23)17-22-16-13(18(25)24(17)4-2)10-12(19)11-14(16)20/h10-11,15,21H,3-9H2,1-2H3. The van der Waals surface area contributed by atoms with Crippen LogP contribution in [0, 0.1) is 5.82 Å². The van der Waals surface area contributed by atoms with E-state index in [0.29, 0.717) is 22.2 Å². The van der Waals surface area contributed by atoms with E-state index in [0.717, 1.165) is 39.0 Å². The number of piperazine rings is 1. The number of nitrogens with one attached hydrogen (secondary N) is 1. The van der Waals surface area contributed by atoms with Crippen molar-refractivity contribution in [3.63, 3.8) is 0 Å². The van der Waals surface area contributed by atoms with Crippen molar-refractivity contribution in [2.45, 2.75) is 39.3 Å². The summed E-state index contributed by atoms with van der Waals surface area (Å²) in [6.45, 7) is 8.25. The van der Waals surface area contributed by atoms with Crippen LogP contribution in [0.2, 0.25) is 0 Å². The van der Waals surface area contributed by atoms with Crippen molar-refractivity contribution in [1.29, 1.82) is 0 Å². The van der Waals surface area contributed by atoms with Crippen molar-refractivity contribution < 1.29 is 4.39 Å². The number of benzene rings is 1. The van der Waals surface area contributed by atoms with Crippen LogP contribution < -0.4 is 10.9 Å². The molecule has 5 nitrogen and oxygen atoms in total. The maximum Gasteiger partial charge on any atom is 0.261 e. The maximum atomic E-state index is 14.5. The highest BCUT2D eigenvalue weighted by molar-refractivity contribution is 9.10. The Morgan fingerprint density at radius 1 is 1.32 bits per heavy atom. The number of halogens is 2. The summed E-state index contributed by atoms with van der Waals surface area (Å²) in [5, 5.41) is 3.68. The predicted octanol–water partition coefficient (Wildman–Crippen LogP) is 3.06. The molecule has 136 valence electrons. The van der Waals surface area contributed by atoms with Gasteiger partial charge in [0, 0.05) is 37.2 Å². The number of rotatable bonds is 5. The highest BCUT2D eigenvalue weighted by Gasteiger charge is 2.26. The fraction of sp³-hybridized carbons (Fsp3) is 0.556. The Morgan fingerprint density at radius 3 is 2.68 bits per heavy atom. The lowest BCUT2D eigenvalue weighted by Gasteiger charge is -2.35. The molecule has 0 amide bonds. The van der Waals surface area contributed by atoms with Crippen molar-refractivity contribution in [3.8, 4) is 0 Å². The minimum Gasteiger partial charge on any atom is -0.314 e. The lowest BCUT2D eigenvalue weighted by atomic mass is 10.1. The number of hydrogen-bond donors (Lipinski definition) is 1. The SMILES string of the molecule is CCCC(c1nc2c(F)cc(Br)cc2c(=O)n1CC)N1CCNCC1. The van der Waals surface area contributed by atoms with Gasteiger partial charge in [-0.25, -0.2) is 9.37 Å². The second-order valence-electron chi connectivity index (χ2n) is 6.39. The number of nitrogens with zero attached hydrogens (tertiary/aromatic N) is 3. The van der Waals surface area contributed by atoms with Gasteiger partial charge in [0.1, 0.15) is 11.3 Å². The Balaban J connectivity index is 2.20. The normalized spacial score (nSPS) is 17.1. The van der Waals surface area contributed by atoms with Crippen LogP contribution >= 0.6 is 15.9 Å². The lowest BCUT2D eigenvalue weighted by molar-refractivity contribution is 0.154. The van der Waals surface area contributed by atoms with Crippen LogP contribution in [0.15, 0.2) is 21.4 Å². The molecule has 0 aliphatic carbocycles. The first-order chi connectivity index (χ1) is 12.1. The summed E-state index contributed by atoms with van der Waals surface area (Å²) in [6.07, 6.45) is 1.88. The third-order valence-electron chi connectivity index (χ3n) is 4.78. The van der Waals surface area contributed by atoms with Gasteiger partial charge in [-0.2, -0.15) is 0 Å². The van der Waals surface area contributed by atoms with E-state index in [2.05, 4.69) is 38.1 Å². The van der Waals surface area contributed by atoms with Crippen LogP contribution in [-0.2, 0) is 6.54 Å². The highest BCUT2D eigenvalue weighted by atomic mass is 79.9. The maximum absolute atomic E-state index is 14.5. The summed E-state index contributed by atoms with van der Waals surface area (Å²) in [6, 6.07) is 3.06. The van der Waals surface area contributed by atoms with Crippen LogP contribution in [0.1, 0.15) is 38.6 Å². The molecule has 2 heterocycles. The van der Waals surface area contributed by atoms with Gasteiger partial charge in [-0.15, -0.1) is 0 Å². The summed E-state index contributed by atoms with van der Waals surface area (Å²) < 4.78 is 16.7. The average molecular weight is 411 g/mol. The van der Waals surface area contributed by atoms with E-state index in [4.69, 9.17) is 0 Å². The van der Waals surface area contributed by atoms with Crippen LogP contribution in [-0.4, -0.2) is 40.6 Å². The zero-order valence-corrected chi connectivity index (χ0v) is 16.3. The van der Waals surface area contributed by atoms with Gasteiger partial charge in [-0.3, -0.25) is 14.3 Å². The molecular formula is C18H24BrFN4O. The van der Waals surface area contributed by atoms with Crippen LogP contribution in [0.25, 0.3) is 10.9 Å². The van der Waals surface area contributed by atoms with Gasteiger partial charge >= 0.3 is 0 Å². The van der Waals surface area contributed by atoms with E-state index in [1.54, 1.807) is 10.6 Å². The van der Waals surface area contributed by atoms with Crippen LogP contribution in [0.5, 0.6) is 0 Å². The fourth-order valence-corrected chi connectivity index (χ4v) is 4.00. The third kappa shape index (κ3) is 3.64. The molecule has 7 heteroatoms. The van der Waals surface area contributed by atoms with E-state index >= 15 is 0 Å². The molecule has 0 radical (unpaired) electrons. The number of fused-ring (bicyclic) bond motifs is 1. The van der Waals surface area contributed by atoms with Crippen molar-refractivity contribution in [1.82, 2.24) is 19.8 Å². The van der Waals surface area contributed by atoms with Crippen molar-refractivity contribution in [3.05, 3.63) is 38.6 Å². The highest BCUT2D eigenvalue weighted by Crippen LogP contribution is 2.27. The van der Waals surface area contributed by atoms with Crippen molar-refractivity contribution in [2.24, 2.45) is 0 Å². The molecule has 1 aliphatic rings. The molecule has 1 aliphatic heterocycles. The molecule has 0 bridgehead atoms. The molecule has 0 spiro atoms. The molecule has 1 unspecified atom stereocenters. The lowest BCUT2D eigenvalue weighted by Crippen LogP contribution is -2.46. The van der Waals surface area contributed by atoms with E-state index in [9.17, 15) is 9.18 Å². The molecule has 1 aromatic heterocycles. The van der Waals surface area contributed by atoms with Gasteiger partial charge < -0.3 is 5.32 Å². The first-order valence-corrected chi connectivity index (χ1v) is 9.70. The summed E-state index contributed by atoms with van der Waals surface area (Å²) in [4.78, 5) is 20.0. The fourth-order valence-electron chi connectivity index (χ4n) is 3.57. The summed E-state index contributed by atoms with van der Waals surface area (Å²) >= 11 is 3.27. The Labute approximate surface area is 155 Å². The van der Waals surface area contributed by atoms with Gasteiger partial charge in [0.05, 0.1) is 11.4 Å². The Bertz CT molecular complexity index is 817. The monoisotopic (exact) mass is 410 g/mol. The second-order valence-corrected chi connectivity index (χ2v) is 7.31. The van der Waals surface area contributed by atoms with Gasteiger partial charge in [0.25, 0.3) is 5.56 Å². The minimum atomic E-state index is -0.457. The third-order valence-corrected chi connectivity index (χ3v) is 5.23. The largest absolute Gasteiger partial charge is 0.314 e. The molecule has 3 rings (SSSR count). The van der Waals surface area contributed by atoms with Gasteiger partial charge in [-0.05, 0) is 25.5 Å². The zero-order chi connectivity index (χ0) is 18.0. The molecular weight excluding hydrogens is 387 g/mol. The van der Waals surface area contributed by atoms with Crippen LogP contribution in [0.4, 0.5) is 4.39 Å². The van der Waals surface area contributed by atoms with E-state index < -0.39 is 5.82 Å². The van der Waals surface area contributed by atoms with Crippen LogP contribution in [0.3, 0.4) is 0 Å². The molecule has 0 saturated carbocycles. The van der Waals surface area contributed by atoms with Gasteiger partial charge in [0.2, 0.25) is 0 Å². The predicted molar refractivity (Wildman–Crippen MR) is 101 cm³/mol. The van der Waals surface area contributed by atoms with Crippen molar-refractivity contribution in [2.75, 3.05) is 26.2 Å². The molecule has 1 saturated heterocycles. The summed E-state index contributed by atoms with van der Waals surface area (Å²) in [5.41, 5.74) is 0.00285. The molecule has 1 fully saturated rings. The Kier molecular flexibility index (Phi) is 5.86. The Morgan fingerprint density at radius 2 is 2.04 bits per heavy atom. The zero-order valence-electron chi connectivity index (χ0n) is 14.7. The summed E-state index contributed by atoms with van der Waals surface area (Å²) in [5.74, 6) is 0.228. The molecule has 2 aromatic rings. The Hall–Kier alpha value is -1.31. The first kappa shape index (κ1) is 18.5. The topological polar surface area (TPSA) is 50.2 Å². The smallest absolute Gasteiger partial charge is 0.261 e. The summed E-state index contributed by atoms with van der Waals surface area (Å²) in [7, 11) is 0. The number of hydrogen-bond acceptors (Lipinski definition) is 4. The van der Waals surface area contributed by atoms with Crippen molar-refractivity contribution >= 4 is 26.8 Å². The molecule has 1 aromatic carbocycles. The van der Waals surface area contributed by atoms with Gasteiger partial charge in [0.15, 0.2) is 5.82 Å². The van der Waals surface area contributed by atoms with Gasteiger partial charge in [-0.1, -0.05) is 29.3 Å². The minimum absolute atomic E-state index is 0.0344. The quantitative estimate of drug-likeness (QED) is 0.822. The second kappa shape index (κ2) is 7.93. The number of aromatic nitrogens is 2. The molecule has 25 heavy (non-hydrogen) atoms. The average Bonchev–Trinajstić information content (AvgIpc) is 2.61. The molecule has 1 atom stereocenters. The van der Waals surface area contributed by atoms with E-state index in [-0.39, 0.29) is 17.1 Å². The van der Waals surface area contributed by atoms with E-state index in [1.165, 1.54) is 6.07 Å². The molecule has 1 N–H and O–H groups in total. The first-order valence-electron chi connectivity index (χ1n) is 8.91.